The van der Waals surface area contributed by atoms with Crippen LogP contribution >= 0.6 is 0 Å². The molecule has 0 aliphatic heterocycles. The van der Waals surface area contributed by atoms with E-state index in [-0.39, 0.29) is 36.6 Å². The highest BCUT2D eigenvalue weighted by Gasteiger charge is 2.21. The number of amides is 1. The van der Waals surface area contributed by atoms with Crippen molar-refractivity contribution in [2.24, 2.45) is 0 Å². The maximum absolute atomic E-state index is 12.6. The van der Waals surface area contributed by atoms with Gasteiger partial charge >= 0.3 is 5.97 Å². The molecule has 0 fully saturated rings. The number of esters is 1. The van der Waals surface area contributed by atoms with Crippen LogP contribution in [0.4, 0.5) is 5.82 Å². The number of hydrogen-bond donors (Lipinski definition) is 1. The summed E-state index contributed by atoms with van der Waals surface area (Å²) in [6.45, 7) is 3.85. The number of anilines is 1. The van der Waals surface area contributed by atoms with Crippen molar-refractivity contribution in [2.75, 3.05) is 11.9 Å². The quantitative estimate of drug-likeness (QED) is 0.453. The van der Waals surface area contributed by atoms with E-state index >= 15 is 0 Å². The van der Waals surface area contributed by atoms with Crippen molar-refractivity contribution in [3.63, 3.8) is 0 Å². The van der Waals surface area contributed by atoms with Crippen LogP contribution in [-0.2, 0) is 9.53 Å². The fraction of sp³-hybridized carbons (Fsp3) is 0.217. The molecule has 1 heterocycles. The standard InChI is InChI=1S/C23H23N3O4/c1-3-30-23(29)19-15-24-26(18-7-5-4-6-8-18)22(19)25-21(28)14-13-20(27)17-11-9-16(2)10-12-17/h4-12,15H,3,13-14H2,1-2H3,(H,25,28). The summed E-state index contributed by atoms with van der Waals surface area (Å²) in [7, 11) is 0. The Bertz CT molecular complexity index is 1040. The molecule has 0 radical (unpaired) electrons. The Morgan fingerprint density at radius 2 is 1.70 bits per heavy atom. The molecule has 1 aromatic heterocycles. The van der Waals surface area contributed by atoms with Crippen molar-refractivity contribution < 1.29 is 19.1 Å². The van der Waals surface area contributed by atoms with Crippen LogP contribution in [-0.4, -0.2) is 34.0 Å². The molecule has 30 heavy (non-hydrogen) atoms. The molecule has 0 bridgehead atoms. The second kappa shape index (κ2) is 9.65. The Balaban J connectivity index is 1.76. The summed E-state index contributed by atoms with van der Waals surface area (Å²) in [4.78, 5) is 37.2. The van der Waals surface area contributed by atoms with Crippen LogP contribution in [0.5, 0.6) is 0 Å². The molecule has 7 nitrogen and oxygen atoms in total. The van der Waals surface area contributed by atoms with Crippen LogP contribution < -0.4 is 5.32 Å². The fourth-order valence-electron chi connectivity index (χ4n) is 2.90. The van der Waals surface area contributed by atoms with Gasteiger partial charge in [0.2, 0.25) is 5.91 Å². The molecule has 0 saturated heterocycles. The number of aryl methyl sites for hydroxylation is 1. The summed E-state index contributed by atoms with van der Waals surface area (Å²) < 4.78 is 6.53. The molecule has 0 saturated carbocycles. The normalized spacial score (nSPS) is 10.5. The van der Waals surface area contributed by atoms with Gasteiger partial charge in [-0.1, -0.05) is 48.0 Å². The van der Waals surface area contributed by atoms with E-state index < -0.39 is 11.9 Å². The highest BCUT2D eigenvalue weighted by atomic mass is 16.5. The lowest BCUT2D eigenvalue weighted by molar-refractivity contribution is -0.116. The molecule has 0 atom stereocenters. The average Bonchev–Trinajstić information content (AvgIpc) is 3.17. The monoisotopic (exact) mass is 405 g/mol. The topological polar surface area (TPSA) is 90.3 Å². The van der Waals surface area contributed by atoms with Crippen molar-refractivity contribution in [1.29, 1.82) is 0 Å². The van der Waals surface area contributed by atoms with Gasteiger partial charge in [0.1, 0.15) is 5.56 Å². The van der Waals surface area contributed by atoms with Crippen LogP contribution in [0.25, 0.3) is 5.69 Å². The van der Waals surface area contributed by atoms with Gasteiger partial charge in [0.15, 0.2) is 11.6 Å². The number of ketones is 1. The smallest absolute Gasteiger partial charge is 0.343 e. The van der Waals surface area contributed by atoms with E-state index in [9.17, 15) is 14.4 Å². The molecule has 0 unspecified atom stereocenters. The number of para-hydroxylation sites is 1. The van der Waals surface area contributed by atoms with Crippen LogP contribution in [0.3, 0.4) is 0 Å². The molecule has 1 amide bonds. The van der Waals surface area contributed by atoms with Gasteiger partial charge in [-0.05, 0) is 26.0 Å². The van der Waals surface area contributed by atoms with E-state index in [0.717, 1.165) is 5.56 Å². The molecule has 0 aliphatic carbocycles. The molecule has 154 valence electrons. The Kier molecular flexibility index (Phi) is 6.75. The van der Waals surface area contributed by atoms with E-state index in [2.05, 4.69) is 10.4 Å². The molecule has 7 heteroatoms. The van der Waals surface area contributed by atoms with Crippen LogP contribution in [0.2, 0.25) is 0 Å². The zero-order valence-electron chi connectivity index (χ0n) is 16.9. The number of benzene rings is 2. The van der Waals surface area contributed by atoms with Gasteiger partial charge in [0, 0.05) is 18.4 Å². The van der Waals surface area contributed by atoms with Gasteiger partial charge in [-0.2, -0.15) is 5.10 Å². The van der Waals surface area contributed by atoms with Gasteiger partial charge in [0.05, 0.1) is 18.5 Å². The number of hydrogen-bond acceptors (Lipinski definition) is 5. The highest BCUT2D eigenvalue weighted by Crippen LogP contribution is 2.22. The number of aromatic nitrogens is 2. The molecular formula is C23H23N3O4. The minimum Gasteiger partial charge on any atom is -0.462 e. The maximum atomic E-state index is 12.6. The summed E-state index contributed by atoms with van der Waals surface area (Å²) in [5, 5.41) is 6.95. The van der Waals surface area contributed by atoms with E-state index in [4.69, 9.17) is 4.74 Å². The number of carbonyl (C=O) groups excluding carboxylic acids is 3. The number of nitrogens with one attached hydrogen (secondary N) is 1. The van der Waals surface area contributed by atoms with Crippen molar-refractivity contribution in [1.82, 2.24) is 9.78 Å². The predicted octanol–water partition coefficient (Wildman–Crippen LogP) is 3.96. The molecule has 0 aliphatic rings. The molecule has 0 spiro atoms. The van der Waals surface area contributed by atoms with E-state index in [1.807, 2.05) is 37.3 Å². The first-order valence-corrected chi connectivity index (χ1v) is 9.70. The summed E-state index contributed by atoms with van der Waals surface area (Å²) in [6.07, 6.45) is 1.40. The second-order valence-corrected chi connectivity index (χ2v) is 6.71. The van der Waals surface area contributed by atoms with Gasteiger partial charge < -0.3 is 10.1 Å². The Morgan fingerprint density at radius 3 is 2.37 bits per heavy atom. The summed E-state index contributed by atoms with van der Waals surface area (Å²) >= 11 is 0. The van der Waals surface area contributed by atoms with Crippen LogP contribution in [0.15, 0.2) is 60.8 Å². The summed E-state index contributed by atoms with van der Waals surface area (Å²) in [6, 6.07) is 16.3. The SMILES string of the molecule is CCOC(=O)c1cnn(-c2ccccc2)c1NC(=O)CCC(=O)c1ccc(C)cc1. The van der Waals surface area contributed by atoms with Crippen molar-refractivity contribution >= 4 is 23.5 Å². The summed E-state index contributed by atoms with van der Waals surface area (Å²) in [5.41, 5.74) is 2.46. The lowest BCUT2D eigenvalue weighted by Crippen LogP contribution is -2.18. The first-order valence-electron chi connectivity index (χ1n) is 9.70. The first kappa shape index (κ1) is 21.0. The third kappa shape index (κ3) is 5.00. The number of carbonyl (C=O) groups is 3. The molecule has 2 aromatic carbocycles. The number of rotatable bonds is 8. The number of ether oxygens (including phenoxy) is 1. The largest absolute Gasteiger partial charge is 0.462 e. The van der Waals surface area contributed by atoms with Gasteiger partial charge in [-0.15, -0.1) is 0 Å². The van der Waals surface area contributed by atoms with E-state index in [1.165, 1.54) is 10.9 Å². The zero-order valence-corrected chi connectivity index (χ0v) is 16.9. The second-order valence-electron chi connectivity index (χ2n) is 6.71. The minimum atomic E-state index is -0.578. The zero-order chi connectivity index (χ0) is 21.5. The Labute approximate surface area is 174 Å². The molecule has 1 N–H and O–H groups in total. The van der Waals surface area contributed by atoms with Gasteiger partial charge in [0.25, 0.3) is 0 Å². The first-order chi connectivity index (χ1) is 14.5. The molecule has 3 rings (SSSR count). The van der Waals surface area contributed by atoms with Crippen LogP contribution in [0.1, 0.15) is 46.0 Å². The van der Waals surface area contributed by atoms with E-state index in [1.54, 1.807) is 31.2 Å². The number of Topliss-reactive ketones (excluding diaryl/α,β-unsaturated/α-hetero) is 1. The Hall–Kier alpha value is -3.74. The van der Waals surface area contributed by atoms with Crippen LogP contribution in [0, 0.1) is 6.92 Å². The predicted molar refractivity (Wildman–Crippen MR) is 113 cm³/mol. The highest BCUT2D eigenvalue weighted by molar-refractivity contribution is 6.03. The average molecular weight is 405 g/mol. The molecule has 3 aromatic rings. The molecular weight excluding hydrogens is 382 g/mol. The minimum absolute atomic E-state index is 0.0189. The van der Waals surface area contributed by atoms with Crippen molar-refractivity contribution in [3.8, 4) is 5.69 Å². The van der Waals surface area contributed by atoms with Crippen molar-refractivity contribution in [2.45, 2.75) is 26.7 Å². The maximum Gasteiger partial charge on any atom is 0.343 e. The van der Waals surface area contributed by atoms with E-state index in [0.29, 0.717) is 11.3 Å². The number of nitrogens with zero attached hydrogens (tertiary/aromatic N) is 2. The van der Waals surface area contributed by atoms with Crippen molar-refractivity contribution in [3.05, 3.63) is 77.5 Å². The Morgan fingerprint density at radius 1 is 1.00 bits per heavy atom. The van der Waals surface area contributed by atoms with Gasteiger partial charge in [-0.25, -0.2) is 9.48 Å². The lowest BCUT2D eigenvalue weighted by atomic mass is 10.0. The van der Waals surface area contributed by atoms with Gasteiger partial charge in [-0.3, -0.25) is 9.59 Å². The fourth-order valence-corrected chi connectivity index (χ4v) is 2.90. The third-order valence-electron chi connectivity index (χ3n) is 4.48. The summed E-state index contributed by atoms with van der Waals surface area (Å²) in [5.74, 6) is -0.871. The third-order valence-corrected chi connectivity index (χ3v) is 4.48. The lowest BCUT2D eigenvalue weighted by Gasteiger charge is -2.11.